The lowest BCUT2D eigenvalue weighted by Gasteiger charge is -2.17. The van der Waals surface area contributed by atoms with Gasteiger partial charge in [-0.3, -0.25) is 4.79 Å². The Bertz CT molecular complexity index is 458. The van der Waals surface area contributed by atoms with Crippen LogP contribution in [0.2, 0.25) is 0 Å². The summed E-state index contributed by atoms with van der Waals surface area (Å²) in [6, 6.07) is 0. The predicted molar refractivity (Wildman–Crippen MR) is 78.9 cm³/mol. The number of aromatic amines is 1. The SMILES string of the molecule is CC(C)Cc1nc(CCC(C)(C)C)[nH]c(=O)c1Br. The molecule has 0 amide bonds. The molecule has 1 aromatic heterocycles. The summed E-state index contributed by atoms with van der Waals surface area (Å²) in [5.41, 5.74) is 1.06. The summed E-state index contributed by atoms with van der Waals surface area (Å²) in [5, 5.41) is 0. The molecule has 0 saturated carbocycles. The normalized spacial score (nSPS) is 12.2. The van der Waals surface area contributed by atoms with E-state index in [0.29, 0.717) is 10.4 Å². The largest absolute Gasteiger partial charge is 0.310 e. The summed E-state index contributed by atoms with van der Waals surface area (Å²) in [6.45, 7) is 10.8. The van der Waals surface area contributed by atoms with Crippen LogP contribution in [0, 0.1) is 11.3 Å². The highest BCUT2D eigenvalue weighted by atomic mass is 79.9. The maximum Gasteiger partial charge on any atom is 0.265 e. The molecule has 18 heavy (non-hydrogen) atoms. The van der Waals surface area contributed by atoms with Gasteiger partial charge in [0.15, 0.2) is 0 Å². The van der Waals surface area contributed by atoms with Gasteiger partial charge in [0.2, 0.25) is 0 Å². The molecule has 1 N–H and O–H groups in total. The lowest BCUT2D eigenvalue weighted by molar-refractivity contribution is 0.374. The predicted octanol–water partition coefficient (Wildman–Crippen LogP) is 3.71. The third-order valence-corrected chi connectivity index (χ3v) is 3.51. The second-order valence-corrected chi connectivity index (χ2v) is 7.22. The first kappa shape index (κ1) is 15.4. The van der Waals surface area contributed by atoms with E-state index in [-0.39, 0.29) is 11.0 Å². The van der Waals surface area contributed by atoms with Gasteiger partial charge in [0.25, 0.3) is 5.56 Å². The van der Waals surface area contributed by atoms with Crippen molar-refractivity contribution in [2.24, 2.45) is 11.3 Å². The molecule has 0 aliphatic rings. The van der Waals surface area contributed by atoms with Gasteiger partial charge in [0.05, 0.1) is 5.69 Å². The van der Waals surface area contributed by atoms with Crippen molar-refractivity contribution in [3.8, 4) is 0 Å². The standard InChI is InChI=1S/C14H23BrN2O/c1-9(2)8-10-12(15)13(18)17-11(16-10)6-7-14(3,4)5/h9H,6-8H2,1-5H3,(H,16,17,18). The van der Waals surface area contributed by atoms with Crippen molar-refractivity contribution < 1.29 is 0 Å². The Morgan fingerprint density at radius 3 is 2.44 bits per heavy atom. The third-order valence-electron chi connectivity index (χ3n) is 2.69. The minimum atomic E-state index is -0.0652. The van der Waals surface area contributed by atoms with E-state index in [2.05, 4.69) is 60.5 Å². The van der Waals surface area contributed by atoms with Gasteiger partial charge in [-0.05, 0) is 40.1 Å². The van der Waals surface area contributed by atoms with Crippen molar-refractivity contribution in [1.82, 2.24) is 9.97 Å². The van der Waals surface area contributed by atoms with Gasteiger partial charge in [0, 0.05) is 6.42 Å². The summed E-state index contributed by atoms with van der Waals surface area (Å²) in [6.07, 6.45) is 2.66. The minimum Gasteiger partial charge on any atom is -0.310 e. The number of rotatable bonds is 4. The topological polar surface area (TPSA) is 45.8 Å². The monoisotopic (exact) mass is 314 g/mol. The van der Waals surface area contributed by atoms with Crippen LogP contribution in [0.15, 0.2) is 9.27 Å². The van der Waals surface area contributed by atoms with Gasteiger partial charge in [-0.1, -0.05) is 34.6 Å². The van der Waals surface area contributed by atoms with Crippen LogP contribution in [-0.4, -0.2) is 9.97 Å². The van der Waals surface area contributed by atoms with Crippen molar-refractivity contribution in [2.45, 2.75) is 53.9 Å². The van der Waals surface area contributed by atoms with E-state index in [0.717, 1.165) is 30.8 Å². The van der Waals surface area contributed by atoms with Gasteiger partial charge in [0.1, 0.15) is 10.3 Å². The van der Waals surface area contributed by atoms with Crippen LogP contribution in [0.25, 0.3) is 0 Å². The molecule has 0 atom stereocenters. The van der Waals surface area contributed by atoms with Crippen LogP contribution in [0.5, 0.6) is 0 Å². The molecule has 1 rings (SSSR count). The Balaban J connectivity index is 2.94. The van der Waals surface area contributed by atoms with E-state index in [9.17, 15) is 4.79 Å². The van der Waals surface area contributed by atoms with E-state index in [1.54, 1.807) is 0 Å². The number of aromatic nitrogens is 2. The first-order chi connectivity index (χ1) is 8.19. The first-order valence-electron chi connectivity index (χ1n) is 6.46. The molecule has 0 unspecified atom stereocenters. The van der Waals surface area contributed by atoms with E-state index in [1.165, 1.54) is 0 Å². The zero-order chi connectivity index (χ0) is 13.9. The lowest BCUT2D eigenvalue weighted by atomic mass is 9.90. The number of H-pyrrole nitrogens is 1. The highest BCUT2D eigenvalue weighted by Crippen LogP contribution is 2.21. The Kier molecular flexibility index (Phi) is 5.14. The molecule has 0 aromatic carbocycles. The molecule has 0 saturated heterocycles. The van der Waals surface area contributed by atoms with Crippen LogP contribution in [0.1, 0.15) is 52.6 Å². The van der Waals surface area contributed by atoms with Gasteiger partial charge >= 0.3 is 0 Å². The molecular formula is C14H23BrN2O. The van der Waals surface area contributed by atoms with E-state index in [1.807, 2.05) is 0 Å². The van der Waals surface area contributed by atoms with Crippen LogP contribution in [0.4, 0.5) is 0 Å². The van der Waals surface area contributed by atoms with Crippen molar-refractivity contribution in [3.63, 3.8) is 0 Å². The third kappa shape index (κ3) is 4.92. The number of nitrogens with one attached hydrogen (secondary N) is 1. The quantitative estimate of drug-likeness (QED) is 0.920. The number of hydrogen-bond acceptors (Lipinski definition) is 2. The molecule has 0 spiro atoms. The zero-order valence-corrected chi connectivity index (χ0v) is 13.5. The van der Waals surface area contributed by atoms with E-state index in [4.69, 9.17) is 0 Å². The smallest absolute Gasteiger partial charge is 0.265 e. The Hall–Kier alpha value is -0.640. The number of aryl methyl sites for hydroxylation is 1. The van der Waals surface area contributed by atoms with E-state index < -0.39 is 0 Å². The molecule has 102 valence electrons. The highest BCUT2D eigenvalue weighted by molar-refractivity contribution is 9.10. The Morgan fingerprint density at radius 1 is 1.33 bits per heavy atom. The summed E-state index contributed by atoms with van der Waals surface area (Å²) in [5.74, 6) is 1.29. The maximum absolute atomic E-state index is 11.8. The first-order valence-corrected chi connectivity index (χ1v) is 7.26. The van der Waals surface area contributed by atoms with Crippen LogP contribution in [0.3, 0.4) is 0 Å². The van der Waals surface area contributed by atoms with Gasteiger partial charge in [-0.2, -0.15) is 0 Å². The molecule has 0 radical (unpaired) electrons. The fraction of sp³-hybridized carbons (Fsp3) is 0.714. The average Bonchev–Trinajstić information content (AvgIpc) is 2.20. The molecule has 1 heterocycles. The molecule has 0 bridgehead atoms. The van der Waals surface area contributed by atoms with Gasteiger partial charge in [-0.25, -0.2) is 4.98 Å². The highest BCUT2D eigenvalue weighted by Gasteiger charge is 2.14. The molecule has 0 fully saturated rings. The number of nitrogens with zero attached hydrogens (tertiary/aromatic N) is 1. The summed E-state index contributed by atoms with van der Waals surface area (Å²) < 4.78 is 0.579. The van der Waals surface area contributed by atoms with Gasteiger partial charge < -0.3 is 4.98 Å². The Labute approximate surface area is 118 Å². The molecular weight excluding hydrogens is 292 g/mol. The van der Waals surface area contributed by atoms with Crippen LogP contribution in [-0.2, 0) is 12.8 Å². The fourth-order valence-electron chi connectivity index (χ4n) is 1.69. The molecule has 0 aliphatic heterocycles. The summed E-state index contributed by atoms with van der Waals surface area (Å²) in [4.78, 5) is 19.2. The maximum atomic E-state index is 11.8. The van der Waals surface area contributed by atoms with Crippen molar-refractivity contribution >= 4 is 15.9 Å². The minimum absolute atomic E-state index is 0.0652. The zero-order valence-electron chi connectivity index (χ0n) is 11.9. The molecule has 4 heteroatoms. The fourth-order valence-corrected chi connectivity index (χ4v) is 2.04. The van der Waals surface area contributed by atoms with Crippen molar-refractivity contribution in [1.29, 1.82) is 0 Å². The van der Waals surface area contributed by atoms with E-state index >= 15 is 0 Å². The second-order valence-electron chi connectivity index (χ2n) is 6.43. The number of hydrogen-bond donors (Lipinski definition) is 1. The molecule has 1 aromatic rings. The Morgan fingerprint density at radius 2 is 1.94 bits per heavy atom. The van der Waals surface area contributed by atoms with Crippen LogP contribution < -0.4 is 5.56 Å². The summed E-state index contributed by atoms with van der Waals surface area (Å²) >= 11 is 3.33. The number of halogens is 1. The summed E-state index contributed by atoms with van der Waals surface area (Å²) in [7, 11) is 0. The van der Waals surface area contributed by atoms with Crippen LogP contribution >= 0.6 is 15.9 Å². The lowest BCUT2D eigenvalue weighted by Crippen LogP contribution is -2.18. The second kappa shape index (κ2) is 6.00. The molecule has 0 aliphatic carbocycles. The van der Waals surface area contributed by atoms with Gasteiger partial charge in [-0.15, -0.1) is 0 Å². The van der Waals surface area contributed by atoms with Crippen molar-refractivity contribution in [3.05, 3.63) is 26.3 Å². The molecule has 3 nitrogen and oxygen atoms in total. The average molecular weight is 315 g/mol. The van der Waals surface area contributed by atoms with Crippen molar-refractivity contribution in [2.75, 3.05) is 0 Å².